The lowest BCUT2D eigenvalue weighted by atomic mass is 9.81. The number of ether oxygens (including phenoxy) is 2. The predicted molar refractivity (Wildman–Crippen MR) is 69.9 cm³/mol. The van der Waals surface area contributed by atoms with Crippen LogP contribution in [0.2, 0.25) is 0 Å². The molecule has 1 saturated heterocycles. The third-order valence-corrected chi connectivity index (χ3v) is 3.59. The van der Waals surface area contributed by atoms with E-state index in [-0.39, 0.29) is 12.4 Å². The fourth-order valence-electron chi connectivity index (χ4n) is 2.21. The second-order valence-corrected chi connectivity index (χ2v) is 5.72. The van der Waals surface area contributed by atoms with Gasteiger partial charge in [0, 0.05) is 5.41 Å². The number of cyclic esters (lactones) is 1. The first-order valence-electron chi connectivity index (χ1n) is 6.60. The van der Waals surface area contributed by atoms with E-state index in [4.69, 9.17) is 14.7 Å². The molecule has 1 fully saturated rings. The van der Waals surface area contributed by atoms with Crippen molar-refractivity contribution in [2.24, 2.45) is 5.41 Å². The lowest BCUT2D eigenvalue weighted by Gasteiger charge is -2.36. The average Bonchev–Trinajstić information content (AvgIpc) is 2.41. The second-order valence-electron chi connectivity index (χ2n) is 5.72. The Morgan fingerprint density at radius 1 is 1.41 bits per heavy atom. The SMILES string of the molecule is CC1(C)CCOC(=O)[C@@H]1Oc1ccc(C#N)c(C(F)(F)F)c1. The largest absolute Gasteiger partial charge is 0.478 e. The highest BCUT2D eigenvalue weighted by Gasteiger charge is 2.42. The number of alkyl halides is 3. The maximum absolute atomic E-state index is 12.9. The van der Waals surface area contributed by atoms with Crippen LogP contribution in [0.4, 0.5) is 13.2 Å². The van der Waals surface area contributed by atoms with Crippen molar-refractivity contribution in [1.29, 1.82) is 5.26 Å². The molecule has 4 nitrogen and oxygen atoms in total. The number of rotatable bonds is 2. The Balaban J connectivity index is 2.34. The van der Waals surface area contributed by atoms with Crippen molar-refractivity contribution in [3.05, 3.63) is 29.3 Å². The zero-order valence-electron chi connectivity index (χ0n) is 12.0. The first-order chi connectivity index (χ1) is 10.1. The number of halogens is 3. The first-order valence-corrected chi connectivity index (χ1v) is 6.60. The van der Waals surface area contributed by atoms with E-state index in [2.05, 4.69) is 0 Å². The molecule has 22 heavy (non-hydrogen) atoms. The maximum Gasteiger partial charge on any atom is 0.417 e. The predicted octanol–water partition coefficient (Wildman–Crippen LogP) is 3.30. The highest BCUT2D eigenvalue weighted by molar-refractivity contribution is 5.77. The van der Waals surface area contributed by atoms with Gasteiger partial charge >= 0.3 is 12.1 Å². The molecule has 1 aromatic rings. The van der Waals surface area contributed by atoms with Crippen molar-refractivity contribution in [1.82, 2.24) is 0 Å². The second kappa shape index (κ2) is 5.52. The molecule has 0 N–H and O–H groups in total. The van der Waals surface area contributed by atoms with Crippen molar-refractivity contribution in [3.8, 4) is 11.8 Å². The van der Waals surface area contributed by atoms with Gasteiger partial charge in [0.15, 0.2) is 0 Å². The van der Waals surface area contributed by atoms with Crippen LogP contribution in [-0.4, -0.2) is 18.7 Å². The fraction of sp³-hybridized carbons (Fsp3) is 0.467. The van der Waals surface area contributed by atoms with Gasteiger partial charge in [0.05, 0.1) is 23.8 Å². The Morgan fingerprint density at radius 3 is 2.64 bits per heavy atom. The molecule has 1 aliphatic rings. The molecule has 0 amide bonds. The minimum atomic E-state index is -4.67. The van der Waals surface area contributed by atoms with E-state index in [0.717, 1.165) is 12.1 Å². The Kier molecular flexibility index (Phi) is 4.05. The summed E-state index contributed by atoms with van der Waals surface area (Å²) in [5.74, 6) is -0.725. The number of carbonyl (C=O) groups is 1. The molecule has 0 unspecified atom stereocenters. The first kappa shape index (κ1) is 16.1. The molecule has 0 saturated carbocycles. The number of carbonyl (C=O) groups excluding carboxylic acids is 1. The smallest absolute Gasteiger partial charge is 0.417 e. The van der Waals surface area contributed by atoms with Crippen LogP contribution in [0.1, 0.15) is 31.4 Å². The van der Waals surface area contributed by atoms with Crippen molar-refractivity contribution in [2.45, 2.75) is 32.5 Å². The normalized spacial score (nSPS) is 20.9. The summed E-state index contributed by atoms with van der Waals surface area (Å²) in [7, 11) is 0. The zero-order valence-corrected chi connectivity index (χ0v) is 12.0. The number of hydrogen-bond acceptors (Lipinski definition) is 4. The van der Waals surface area contributed by atoms with Gasteiger partial charge in [-0.2, -0.15) is 18.4 Å². The molecule has 0 aromatic heterocycles. The van der Waals surface area contributed by atoms with Gasteiger partial charge in [-0.25, -0.2) is 4.79 Å². The van der Waals surface area contributed by atoms with E-state index in [1.54, 1.807) is 13.8 Å². The van der Waals surface area contributed by atoms with Gasteiger partial charge in [-0.05, 0) is 24.6 Å². The summed E-state index contributed by atoms with van der Waals surface area (Å²) in [4.78, 5) is 11.8. The Labute approximate surface area is 125 Å². The quantitative estimate of drug-likeness (QED) is 0.786. The molecule has 0 bridgehead atoms. The molecule has 2 rings (SSSR count). The summed E-state index contributed by atoms with van der Waals surface area (Å²) in [6.07, 6.45) is -5.12. The van der Waals surface area contributed by atoms with E-state index < -0.39 is 34.8 Å². The van der Waals surface area contributed by atoms with Crippen molar-refractivity contribution in [3.63, 3.8) is 0 Å². The van der Waals surface area contributed by atoms with Gasteiger partial charge in [-0.3, -0.25) is 0 Å². The lowest BCUT2D eigenvalue weighted by Crippen LogP contribution is -2.47. The van der Waals surface area contributed by atoms with Crippen LogP contribution in [0.25, 0.3) is 0 Å². The minimum Gasteiger partial charge on any atom is -0.478 e. The standard InChI is InChI=1S/C15H14F3NO3/c1-14(2)5-6-21-13(20)12(14)22-10-4-3-9(8-19)11(7-10)15(16,17)18/h3-4,7,12H,5-6H2,1-2H3/t12-/m0/s1. The van der Waals surface area contributed by atoms with Gasteiger partial charge in [0.25, 0.3) is 0 Å². The van der Waals surface area contributed by atoms with Crippen LogP contribution in [0.5, 0.6) is 5.75 Å². The summed E-state index contributed by atoms with van der Waals surface area (Å²) in [5.41, 5.74) is -2.14. The van der Waals surface area contributed by atoms with E-state index in [1.165, 1.54) is 12.1 Å². The molecule has 1 aliphatic heterocycles. The highest BCUT2D eigenvalue weighted by Crippen LogP contribution is 2.37. The molecular weight excluding hydrogens is 299 g/mol. The summed E-state index contributed by atoms with van der Waals surface area (Å²) < 4.78 is 49.1. The third-order valence-electron chi connectivity index (χ3n) is 3.59. The van der Waals surface area contributed by atoms with Gasteiger partial charge < -0.3 is 9.47 Å². The third kappa shape index (κ3) is 3.16. The molecule has 1 atom stereocenters. The Bertz CT molecular complexity index is 632. The van der Waals surface area contributed by atoms with Crippen LogP contribution < -0.4 is 4.74 Å². The van der Waals surface area contributed by atoms with Crippen LogP contribution in [0.3, 0.4) is 0 Å². The number of benzene rings is 1. The molecule has 118 valence electrons. The van der Waals surface area contributed by atoms with Crippen LogP contribution >= 0.6 is 0 Å². The monoisotopic (exact) mass is 313 g/mol. The zero-order chi connectivity index (χ0) is 16.5. The van der Waals surface area contributed by atoms with E-state index >= 15 is 0 Å². The number of nitrogens with zero attached hydrogens (tertiary/aromatic N) is 1. The number of esters is 1. The molecular formula is C15H14F3NO3. The number of nitriles is 1. The summed E-state index contributed by atoms with van der Waals surface area (Å²) in [6.45, 7) is 3.83. The fourth-order valence-corrected chi connectivity index (χ4v) is 2.21. The topological polar surface area (TPSA) is 59.3 Å². The van der Waals surface area contributed by atoms with Crippen molar-refractivity contribution < 1.29 is 27.4 Å². The molecule has 1 aromatic carbocycles. The van der Waals surface area contributed by atoms with E-state index in [1.807, 2.05) is 0 Å². The van der Waals surface area contributed by atoms with Crippen LogP contribution in [-0.2, 0) is 15.7 Å². The Morgan fingerprint density at radius 2 is 2.09 bits per heavy atom. The van der Waals surface area contributed by atoms with Gasteiger partial charge in [-0.1, -0.05) is 13.8 Å². The summed E-state index contributed by atoms with van der Waals surface area (Å²) in [6, 6.07) is 4.49. The van der Waals surface area contributed by atoms with Gasteiger partial charge in [-0.15, -0.1) is 0 Å². The molecule has 0 spiro atoms. The highest BCUT2D eigenvalue weighted by atomic mass is 19.4. The molecule has 7 heteroatoms. The average molecular weight is 313 g/mol. The van der Waals surface area contributed by atoms with Gasteiger partial charge in [0.1, 0.15) is 5.75 Å². The van der Waals surface area contributed by atoms with Crippen molar-refractivity contribution >= 4 is 5.97 Å². The van der Waals surface area contributed by atoms with Gasteiger partial charge in [0.2, 0.25) is 6.10 Å². The summed E-state index contributed by atoms with van der Waals surface area (Å²) >= 11 is 0. The minimum absolute atomic E-state index is 0.122. The molecule has 0 aliphatic carbocycles. The van der Waals surface area contributed by atoms with E-state index in [0.29, 0.717) is 6.42 Å². The van der Waals surface area contributed by atoms with Crippen molar-refractivity contribution in [2.75, 3.05) is 6.61 Å². The number of hydrogen-bond donors (Lipinski definition) is 0. The molecule has 1 heterocycles. The maximum atomic E-state index is 12.9. The van der Waals surface area contributed by atoms with Crippen LogP contribution in [0, 0.1) is 16.7 Å². The molecule has 0 radical (unpaired) electrons. The summed E-state index contributed by atoms with van der Waals surface area (Å²) in [5, 5.41) is 8.75. The van der Waals surface area contributed by atoms with Crippen LogP contribution in [0.15, 0.2) is 18.2 Å². The lowest BCUT2D eigenvalue weighted by molar-refractivity contribution is -0.167. The Hall–Kier alpha value is -2.23. The van der Waals surface area contributed by atoms with E-state index in [9.17, 15) is 18.0 Å².